The Morgan fingerprint density at radius 1 is 1.44 bits per heavy atom. The van der Waals surface area contributed by atoms with Crippen molar-refractivity contribution in [2.24, 2.45) is 0 Å². The molecule has 0 radical (unpaired) electrons. The van der Waals surface area contributed by atoms with Gasteiger partial charge in [0.1, 0.15) is 5.69 Å². The number of likely N-dealkylation sites (N-methyl/N-ethyl adjacent to an activating group) is 1. The highest BCUT2D eigenvalue weighted by Crippen LogP contribution is 2.30. The van der Waals surface area contributed by atoms with Gasteiger partial charge in [-0.05, 0) is 6.07 Å². The number of hydrogen-bond acceptors (Lipinski definition) is 4. The van der Waals surface area contributed by atoms with Crippen molar-refractivity contribution in [3.05, 3.63) is 12.3 Å². The van der Waals surface area contributed by atoms with Crippen LogP contribution in [0.25, 0.3) is 0 Å². The Hall–Kier alpha value is -1.69. The van der Waals surface area contributed by atoms with Gasteiger partial charge in [-0.25, -0.2) is 9.78 Å². The zero-order chi connectivity index (χ0) is 12.4. The lowest BCUT2D eigenvalue weighted by Gasteiger charge is -2.18. The monoisotopic (exact) mass is 272 g/mol. The number of aromatic nitrogens is 1. The van der Waals surface area contributed by atoms with E-state index in [0.29, 0.717) is 24.7 Å². The molecule has 6 nitrogen and oxygen atoms in total. The molecule has 0 bridgehead atoms. The van der Waals surface area contributed by atoms with Crippen LogP contribution in [0.5, 0.6) is 5.88 Å². The summed E-state index contributed by atoms with van der Waals surface area (Å²) < 4.78 is 5.19. The van der Waals surface area contributed by atoms with Crippen LogP contribution < -0.4 is 15.0 Å². The van der Waals surface area contributed by atoms with Gasteiger partial charge in [0.25, 0.3) is 0 Å². The van der Waals surface area contributed by atoms with Crippen molar-refractivity contribution in [3.63, 3.8) is 0 Å². The first-order valence-corrected chi connectivity index (χ1v) is 5.41. The first-order chi connectivity index (χ1) is 8.17. The molecular weight excluding hydrogens is 256 g/mol. The Kier molecular flexibility index (Phi) is 4.61. The molecule has 0 unspecified atom stereocenters. The van der Waals surface area contributed by atoms with Gasteiger partial charge < -0.3 is 15.0 Å². The van der Waals surface area contributed by atoms with E-state index in [2.05, 4.69) is 10.3 Å². The van der Waals surface area contributed by atoms with Gasteiger partial charge >= 0.3 is 6.03 Å². The molecule has 1 saturated heterocycles. The predicted octanol–water partition coefficient (Wildman–Crippen LogP) is 1.43. The first kappa shape index (κ1) is 14.4. The number of carbonyl (C=O) groups excluding carboxylic acids is 1. The summed E-state index contributed by atoms with van der Waals surface area (Å²) in [5, 5.41) is 3.00. The molecule has 1 N–H and O–H groups in total. The summed E-state index contributed by atoms with van der Waals surface area (Å²) in [6.45, 7) is 1.37. The zero-order valence-corrected chi connectivity index (χ0v) is 11.5. The number of rotatable bonds is 3. The standard InChI is InChI=1S/C11H16N4O2.ClH/c1-12-8-6-9(10(17-3)13-7-8)15-5-4-14(2)11(15)16;/h6-7,12H,4-5H2,1-3H3;1H. The number of carbonyl (C=O) groups is 1. The average molecular weight is 273 g/mol. The van der Waals surface area contributed by atoms with Crippen LogP contribution in [0.15, 0.2) is 12.3 Å². The van der Waals surface area contributed by atoms with Gasteiger partial charge in [0.2, 0.25) is 5.88 Å². The van der Waals surface area contributed by atoms with Crippen LogP contribution >= 0.6 is 12.4 Å². The highest BCUT2D eigenvalue weighted by Gasteiger charge is 2.29. The second-order valence-electron chi connectivity index (χ2n) is 3.86. The van der Waals surface area contributed by atoms with Crippen LogP contribution in [0.2, 0.25) is 0 Å². The van der Waals surface area contributed by atoms with E-state index in [0.717, 1.165) is 5.69 Å². The molecule has 100 valence electrons. The van der Waals surface area contributed by atoms with Crippen LogP contribution in [0.4, 0.5) is 16.2 Å². The summed E-state index contributed by atoms with van der Waals surface area (Å²) >= 11 is 0. The molecule has 1 aromatic rings. The molecule has 1 aromatic heterocycles. The van der Waals surface area contributed by atoms with Gasteiger partial charge in [-0.3, -0.25) is 4.90 Å². The molecule has 0 atom stereocenters. The predicted molar refractivity (Wildman–Crippen MR) is 73.0 cm³/mol. The SMILES string of the molecule is CNc1cnc(OC)c(N2CCN(C)C2=O)c1.Cl. The molecular formula is C11H17ClN4O2. The Balaban J connectivity index is 0.00000162. The minimum Gasteiger partial charge on any atom is -0.480 e. The van der Waals surface area contributed by atoms with Crippen molar-refractivity contribution < 1.29 is 9.53 Å². The fourth-order valence-electron chi connectivity index (χ4n) is 1.80. The fraction of sp³-hybridized carbons (Fsp3) is 0.455. The molecule has 2 amide bonds. The number of halogens is 1. The van der Waals surface area contributed by atoms with E-state index in [9.17, 15) is 4.79 Å². The van der Waals surface area contributed by atoms with E-state index in [1.54, 1.807) is 30.2 Å². The lowest BCUT2D eigenvalue weighted by atomic mass is 10.3. The Morgan fingerprint density at radius 3 is 2.67 bits per heavy atom. The van der Waals surface area contributed by atoms with Gasteiger partial charge in [-0.2, -0.15) is 0 Å². The largest absolute Gasteiger partial charge is 0.480 e. The zero-order valence-electron chi connectivity index (χ0n) is 10.6. The average Bonchev–Trinajstić information content (AvgIpc) is 2.69. The molecule has 2 rings (SSSR count). The van der Waals surface area contributed by atoms with Crippen molar-refractivity contribution in [3.8, 4) is 5.88 Å². The lowest BCUT2D eigenvalue weighted by molar-refractivity contribution is 0.229. The topological polar surface area (TPSA) is 57.7 Å². The highest BCUT2D eigenvalue weighted by atomic mass is 35.5. The molecule has 2 heterocycles. The summed E-state index contributed by atoms with van der Waals surface area (Å²) in [7, 11) is 5.14. The molecule has 0 saturated carbocycles. The number of amides is 2. The fourth-order valence-corrected chi connectivity index (χ4v) is 1.80. The third-order valence-corrected chi connectivity index (χ3v) is 2.82. The van der Waals surface area contributed by atoms with Crippen LogP contribution in [0.3, 0.4) is 0 Å². The molecule has 1 fully saturated rings. The van der Waals surface area contributed by atoms with Gasteiger partial charge in [0.15, 0.2) is 0 Å². The minimum atomic E-state index is -0.0293. The summed E-state index contributed by atoms with van der Waals surface area (Å²) in [6.07, 6.45) is 1.67. The number of methoxy groups -OCH3 is 1. The van der Waals surface area contributed by atoms with Crippen molar-refractivity contribution in [2.75, 3.05) is 44.5 Å². The molecule has 0 spiro atoms. The number of urea groups is 1. The molecule has 1 aliphatic rings. The molecule has 1 aliphatic heterocycles. The third kappa shape index (κ3) is 2.43. The van der Waals surface area contributed by atoms with Crippen LogP contribution in [-0.4, -0.2) is 50.2 Å². The number of ether oxygens (including phenoxy) is 1. The minimum absolute atomic E-state index is 0. The second-order valence-corrected chi connectivity index (χ2v) is 3.86. The van der Waals surface area contributed by atoms with Gasteiger partial charge in [0.05, 0.1) is 19.0 Å². The maximum Gasteiger partial charge on any atom is 0.324 e. The van der Waals surface area contributed by atoms with Crippen LogP contribution in [-0.2, 0) is 0 Å². The van der Waals surface area contributed by atoms with E-state index < -0.39 is 0 Å². The molecule has 7 heteroatoms. The van der Waals surface area contributed by atoms with Gasteiger partial charge in [-0.15, -0.1) is 12.4 Å². The maximum absolute atomic E-state index is 11.9. The smallest absolute Gasteiger partial charge is 0.324 e. The normalized spacial score (nSPS) is 14.5. The number of nitrogens with zero attached hydrogens (tertiary/aromatic N) is 3. The quantitative estimate of drug-likeness (QED) is 0.904. The Morgan fingerprint density at radius 2 is 2.17 bits per heavy atom. The summed E-state index contributed by atoms with van der Waals surface area (Å²) in [6, 6.07) is 1.83. The third-order valence-electron chi connectivity index (χ3n) is 2.82. The highest BCUT2D eigenvalue weighted by molar-refractivity contribution is 5.95. The van der Waals surface area contributed by atoms with Crippen molar-refractivity contribution in [1.82, 2.24) is 9.88 Å². The second kappa shape index (κ2) is 5.77. The van der Waals surface area contributed by atoms with E-state index in [-0.39, 0.29) is 18.4 Å². The van der Waals surface area contributed by atoms with E-state index in [1.165, 1.54) is 0 Å². The number of nitrogens with one attached hydrogen (secondary N) is 1. The molecule has 18 heavy (non-hydrogen) atoms. The molecule has 0 aromatic carbocycles. The van der Waals surface area contributed by atoms with E-state index >= 15 is 0 Å². The lowest BCUT2D eigenvalue weighted by Crippen LogP contribution is -2.29. The van der Waals surface area contributed by atoms with Crippen molar-refractivity contribution in [2.45, 2.75) is 0 Å². The Bertz CT molecular complexity index is 441. The van der Waals surface area contributed by atoms with E-state index in [1.807, 2.05) is 13.1 Å². The van der Waals surface area contributed by atoms with Crippen molar-refractivity contribution in [1.29, 1.82) is 0 Å². The molecule has 0 aliphatic carbocycles. The number of pyridine rings is 1. The van der Waals surface area contributed by atoms with Gasteiger partial charge in [-0.1, -0.05) is 0 Å². The van der Waals surface area contributed by atoms with Crippen LogP contribution in [0, 0.1) is 0 Å². The van der Waals surface area contributed by atoms with Crippen molar-refractivity contribution >= 4 is 29.8 Å². The van der Waals surface area contributed by atoms with Gasteiger partial charge in [0, 0.05) is 27.2 Å². The maximum atomic E-state index is 11.9. The Labute approximate surface area is 112 Å². The summed E-state index contributed by atoms with van der Waals surface area (Å²) in [5.41, 5.74) is 1.55. The number of anilines is 2. The number of hydrogen-bond donors (Lipinski definition) is 1. The van der Waals surface area contributed by atoms with E-state index in [4.69, 9.17) is 4.74 Å². The van der Waals surface area contributed by atoms with Crippen LogP contribution in [0.1, 0.15) is 0 Å². The first-order valence-electron chi connectivity index (χ1n) is 5.41. The summed E-state index contributed by atoms with van der Waals surface area (Å²) in [5.74, 6) is 0.465. The summed E-state index contributed by atoms with van der Waals surface area (Å²) in [4.78, 5) is 19.4.